The summed E-state index contributed by atoms with van der Waals surface area (Å²) in [5.74, 6) is -1.26. The summed E-state index contributed by atoms with van der Waals surface area (Å²) in [6, 6.07) is 8.57. The molecule has 0 radical (unpaired) electrons. The van der Waals surface area contributed by atoms with Gasteiger partial charge < -0.3 is 10.1 Å². The van der Waals surface area contributed by atoms with Crippen molar-refractivity contribution in [2.45, 2.75) is 6.92 Å². The molecule has 4 rings (SSSR count). The van der Waals surface area contributed by atoms with Crippen molar-refractivity contribution in [2.75, 3.05) is 11.9 Å². The Morgan fingerprint density at radius 3 is 2.77 bits per heavy atom. The fourth-order valence-electron chi connectivity index (χ4n) is 3.13. The van der Waals surface area contributed by atoms with Crippen molar-refractivity contribution in [1.82, 2.24) is 9.78 Å². The molecule has 1 aromatic carbocycles. The predicted molar refractivity (Wildman–Crippen MR) is 124 cm³/mol. The van der Waals surface area contributed by atoms with Crippen molar-refractivity contribution in [3.8, 4) is 10.4 Å². The third-order valence-corrected chi connectivity index (χ3v) is 6.55. The van der Waals surface area contributed by atoms with Gasteiger partial charge in [0.2, 0.25) is 5.43 Å². The summed E-state index contributed by atoms with van der Waals surface area (Å²) < 4.78 is 6.64. The molecule has 3 heterocycles. The Morgan fingerprint density at radius 1 is 1.26 bits per heavy atom. The van der Waals surface area contributed by atoms with Crippen LogP contribution in [0.2, 0.25) is 5.02 Å². The van der Waals surface area contributed by atoms with E-state index in [2.05, 4.69) is 10.4 Å². The summed E-state index contributed by atoms with van der Waals surface area (Å²) >= 11 is 8.68. The van der Waals surface area contributed by atoms with Gasteiger partial charge in [-0.15, -0.1) is 22.7 Å². The van der Waals surface area contributed by atoms with Crippen LogP contribution in [0.5, 0.6) is 0 Å². The first-order chi connectivity index (χ1) is 14.9. The second-order valence-electron chi connectivity index (χ2n) is 6.47. The van der Waals surface area contributed by atoms with Crippen molar-refractivity contribution in [3.05, 3.63) is 67.6 Å². The number of amides is 1. The van der Waals surface area contributed by atoms with Crippen LogP contribution in [0.3, 0.4) is 0 Å². The smallest absolute Gasteiger partial charge is 0.341 e. The van der Waals surface area contributed by atoms with Crippen LogP contribution in [0.1, 0.15) is 27.8 Å². The third-order valence-electron chi connectivity index (χ3n) is 4.52. The molecule has 0 spiro atoms. The minimum absolute atomic E-state index is 0.194. The van der Waals surface area contributed by atoms with Crippen LogP contribution in [0, 0.1) is 0 Å². The van der Waals surface area contributed by atoms with Crippen molar-refractivity contribution >= 4 is 62.1 Å². The van der Waals surface area contributed by atoms with Crippen molar-refractivity contribution < 1.29 is 14.3 Å². The number of aromatic nitrogens is 2. The van der Waals surface area contributed by atoms with E-state index in [4.69, 9.17) is 16.3 Å². The molecule has 0 atom stereocenters. The summed E-state index contributed by atoms with van der Waals surface area (Å²) in [4.78, 5) is 39.4. The highest BCUT2D eigenvalue weighted by Gasteiger charge is 2.25. The van der Waals surface area contributed by atoms with Gasteiger partial charge in [-0.05, 0) is 36.6 Å². The first-order valence-electron chi connectivity index (χ1n) is 9.21. The van der Waals surface area contributed by atoms with E-state index in [0.717, 1.165) is 4.88 Å². The minimum atomic E-state index is -0.715. The molecule has 4 aromatic rings. The molecule has 7 nitrogen and oxygen atoms in total. The highest BCUT2D eigenvalue weighted by molar-refractivity contribution is 7.17. The van der Waals surface area contributed by atoms with Gasteiger partial charge in [-0.1, -0.05) is 17.7 Å². The van der Waals surface area contributed by atoms with Gasteiger partial charge in [0.05, 0.1) is 17.5 Å². The summed E-state index contributed by atoms with van der Waals surface area (Å²) in [7, 11) is 1.64. The standard InChI is InChI=1S/C21H16ClN3O4S2/c1-3-29-21(28)16-13(15-5-4-8-30-15)10-31-20(16)23-19(27)17-18(26)12-9-11(22)6-7-14(12)25(2)24-17/h4-10H,3H2,1-2H3,(H,23,27). The fraction of sp³-hybridized carbons (Fsp3) is 0.143. The number of anilines is 1. The number of carbonyl (C=O) groups excluding carboxylic acids is 2. The highest BCUT2D eigenvalue weighted by atomic mass is 35.5. The SMILES string of the molecule is CCOC(=O)c1c(-c2cccs2)csc1NC(=O)c1nn(C)c2ccc(Cl)cc2c1=O. The monoisotopic (exact) mass is 473 g/mol. The maximum Gasteiger partial charge on any atom is 0.341 e. The maximum atomic E-state index is 13.0. The molecule has 0 unspecified atom stereocenters. The topological polar surface area (TPSA) is 90.3 Å². The lowest BCUT2D eigenvalue weighted by molar-refractivity contribution is 0.0529. The van der Waals surface area contributed by atoms with Gasteiger partial charge in [-0.25, -0.2) is 4.79 Å². The zero-order valence-electron chi connectivity index (χ0n) is 16.5. The first-order valence-corrected chi connectivity index (χ1v) is 11.3. The molecule has 1 N–H and O–H groups in total. The molecule has 0 saturated heterocycles. The van der Waals surface area contributed by atoms with Crippen LogP contribution in [0.15, 0.2) is 45.9 Å². The second-order valence-corrected chi connectivity index (χ2v) is 8.73. The van der Waals surface area contributed by atoms with E-state index < -0.39 is 17.3 Å². The molecule has 158 valence electrons. The van der Waals surface area contributed by atoms with Gasteiger partial charge in [-0.3, -0.25) is 14.3 Å². The lowest BCUT2D eigenvalue weighted by Gasteiger charge is -2.10. The van der Waals surface area contributed by atoms with E-state index in [-0.39, 0.29) is 23.3 Å². The number of thiophene rings is 2. The lowest BCUT2D eigenvalue weighted by atomic mass is 10.1. The molecule has 0 aliphatic rings. The lowest BCUT2D eigenvalue weighted by Crippen LogP contribution is -2.26. The average Bonchev–Trinajstić information content (AvgIpc) is 3.40. The summed E-state index contributed by atoms with van der Waals surface area (Å²) in [6.45, 7) is 1.90. The Balaban J connectivity index is 1.77. The van der Waals surface area contributed by atoms with Crippen LogP contribution in [-0.2, 0) is 11.8 Å². The fourth-order valence-corrected chi connectivity index (χ4v) is 5.07. The van der Waals surface area contributed by atoms with Crippen molar-refractivity contribution in [3.63, 3.8) is 0 Å². The van der Waals surface area contributed by atoms with Crippen LogP contribution in [0.4, 0.5) is 5.00 Å². The van der Waals surface area contributed by atoms with E-state index in [9.17, 15) is 14.4 Å². The van der Waals surface area contributed by atoms with E-state index in [0.29, 0.717) is 21.1 Å². The Hall–Kier alpha value is -3.01. The molecular weight excluding hydrogens is 458 g/mol. The zero-order chi connectivity index (χ0) is 22.1. The van der Waals surface area contributed by atoms with Gasteiger partial charge in [0.25, 0.3) is 5.91 Å². The number of benzene rings is 1. The van der Waals surface area contributed by atoms with Gasteiger partial charge >= 0.3 is 5.97 Å². The Labute approximate surface area is 189 Å². The average molecular weight is 474 g/mol. The Bertz CT molecular complexity index is 1360. The first kappa shape index (κ1) is 21.2. The van der Waals surface area contributed by atoms with Crippen LogP contribution in [-0.4, -0.2) is 28.3 Å². The molecule has 3 aromatic heterocycles. The number of rotatable bonds is 5. The normalized spacial score (nSPS) is 10.9. The Morgan fingerprint density at radius 2 is 2.06 bits per heavy atom. The number of nitrogens with zero attached hydrogens (tertiary/aromatic N) is 2. The van der Waals surface area contributed by atoms with Crippen LogP contribution in [0.25, 0.3) is 21.3 Å². The molecule has 31 heavy (non-hydrogen) atoms. The second kappa shape index (κ2) is 8.62. The maximum absolute atomic E-state index is 13.0. The molecule has 1 amide bonds. The third kappa shape index (κ3) is 3.99. The van der Waals surface area contributed by atoms with E-state index in [1.807, 2.05) is 17.5 Å². The van der Waals surface area contributed by atoms with Gasteiger partial charge in [-0.2, -0.15) is 5.10 Å². The number of halogens is 1. The molecule has 0 bridgehead atoms. The molecule has 0 aliphatic heterocycles. The number of hydrogen-bond donors (Lipinski definition) is 1. The molecule has 0 fully saturated rings. The van der Waals surface area contributed by atoms with Crippen molar-refractivity contribution in [1.29, 1.82) is 0 Å². The van der Waals surface area contributed by atoms with Gasteiger partial charge in [0, 0.05) is 27.9 Å². The predicted octanol–water partition coefficient (Wildman–Crippen LogP) is 4.81. The van der Waals surface area contributed by atoms with Crippen molar-refractivity contribution in [2.24, 2.45) is 7.05 Å². The van der Waals surface area contributed by atoms with E-state index in [1.165, 1.54) is 33.4 Å². The van der Waals surface area contributed by atoms with Crippen LogP contribution < -0.4 is 10.7 Å². The summed E-state index contributed by atoms with van der Waals surface area (Å²) in [5.41, 5.74) is 0.636. The molecular formula is C21H16ClN3O4S2. The number of ether oxygens (including phenoxy) is 1. The minimum Gasteiger partial charge on any atom is -0.462 e. The van der Waals surface area contributed by atoms with Crippen LogP contribution >= 0.6 is 34.3 Å². The zero-order valence-corrected chi connectivity index (χ0v) is 18.9. The number of esters is 1. The highest BCUT2D eigenvalue weighted by Crippen LogP contribution is 2.38. The van der Waals surface area contributed by atoms with E-state index >= 15 is 0 Å². The number of aryl methyl sites for hydroxylation is 1. The van der Waals surface area contributed by atoms with E-state index in [1.54, 1.807) is 31.5 Å². The number of nitrogens with one attached hydrogen (secondary N) is 1. The summed E-state index contributed by atoms with van der Waals surface area (Å²) in [5, 5.41) is 11.4. The Kier molecular flexibility index (Phi) is 5.90. The molecule has 0 saturated carbocycles. The summed E-state index contributed by atoms with van der Waals surface area (Å²) in [6.07, 6.45) is 0. The number of hydrogen-bond acceptors (Lipinski definition) is 7. The van der Waals surface area contributed by atoms with Gasteiger partial charge in [0.15, 0.2) is 5.69 Å². The van der Waals surface area contributed by atoms with Gasteiger partial charge in [0.1, 0.15) is 10.6 Å². The molecule has 10 heteroatoms. The molecule has 0 aliphatic carbocycles. The number of carbonyl (C=O) groups is 2. The number of fused-ring (bicyclic) bond motifs is 1. The largest absolute Gasteiger partial charge is 0.462 e. The quantitative estimate of drug-likeness (QED) is 0.420.